The van der Waals surface area contributed by atoms with E-state index in [4.69, 9.17) is 38.4 Å². The van der Waals surface area contributed by atoms with Crippen molar-refractivity contribution in [3.05, 3.63) is 58.1 Å². The van der Waals surface area contributed by atoms with Crippen LogP contribution in [0.4, 0.5) is 0 Å². The summed E-state index contributed by atoms with van der Waals surface area (Å²) >= 11 is 11.9. The van der Waals surface area contributed by atoms with E-state index < -0.39 is 11.8 Å². The highest BCUT2D eigenvalue weighted by atomic mass is 35.5. The summed E-state index contributed by atoms with van der Waals surface area (Å²) in [7, 11) is 1.27. The summed E-state index contributed by atoms with van der Waals surface area (Å²) in [5.41, 5.74) is 5.92. The molecule has 2 N–H and O–H groups in total. The van der Waals surface area contributed by atoms with E-state index in [1.54, 1.807) is 42.5 Å². The maximum atomic E-state index is 11.2. The zero-order valence-electron chi connectivity index (χ0n) is 12.7. The number of oxime groups is 1. The minimum atomic E-state index is -0.879. The first-order valence-corrected chi connectivity index (χ1v) is 7.51. The molecule has 0 bridgehead atoms. The highest BCUT2D eigenvalue weighted by Gasteiger charge is 2.14. The number of rotatable bonds is 5. The number of primary amides is 1. The Bertz CT molecular complexity index is 748. The number of nitrogens with zero attached hydrogens (tertiary/aromatic N) is 1. The maximum absolute atomic E-state index is 11.2. The molecule has 0 saturated carbocycles. The second-order valence-corrected chi connectivity index (χ2v) is 5.40. The monoisotopic (exact) mass is 368 g/mol. The molecule has 0 atom stereocenters. The number of ether oxygens (including phenoxy) is 2. The van der Waals surface area contributed by atoms with E-state index in [1.807, 2.05) is 0 Å². The highest BCUT2D eigenvalue weighted by Crippen LogP contribution is 2.27. The van der Waals surface area contributed by atoms with Gasteiger partial charge in [0.25, 0.3) is 0 Å². The standard InChI is InChI=1S/C16H14Cl2N2O4/c1-22-20-16(15(19)21)24-14-8-10(2-7-13(14)18)9-23-12-5-3-11(17)4-6-12/h2-8H,9H2,1H3,(H2,19,21)/b20-16+. The Morgan fingerprint density at radius 1 is 1.17 bits per heavy atom. The molecule has 0 unspecified atom stereocenters. The largest absolute Gasteiger partial charge is 0.489 e. The van der Waals surface area contributed by atoms with E-state index in [9.17, 15) is 4.79 Å². The first-order chi connectivity index (χ1) is 11.5. The number of halogens is 2. The zero-order chi connectivity index (χ0) is 17.5. The van der Waals surface area contributed by atoms with Crippen molar-refractivity contribution in [1.29, 1.82) is 0 Å². The number of amides is 1. The Morgan fingerprint density at radius 2 is 1.88 bits per heavy atom. The van der Waals surface area contributed by atoms with Gasteiger partial charge in [0.15, 0.2) is 0 Å². The molecule has 6 nitrogen and oxygen atoms in total. The van der Waals surface area contributed by atoms with Crippen LogP contribution < -0.4 is 15.2 Å². The van der Waals surface area contributed by atoms with E-state index >= 15 is 0 Å². The molecule has 24 heavy (non-hydrogen) atoms. The van der Waals surface area contributed by atoms with E-state index in [0.717, 1.165) is 5.56 Å². The Morgan fingerprint density at radius 3 is 2.50 bits per heavy atom. The second kappa shape index (κ2) is 8.42. The molecule has 2 rings (SSSR count). The van der Waals surface area contributed by atoms with Gasteiger partial charge in [0.2, 0.25) is 0 Å². The molecule has 126 valence electrons. The smallest absolute Gasteiger partial charge is 0.321 e. The van der Waals surface area contributed by atoms with Gasteiger partial charge >= 0.3 is 11.8 Å². The Hall–Kier alpha value is -2.44. The normalized spacial score (nSPS) is 11.0. The predicted octanol–water partition coefficient (Wildman–Crippen LogP) is 3.40. The van der Waals surface area contributed by atoms with Crippen molar-refractivity contribution in [2.75, 3.05) is 7.11 Å². The summed E-state index contributed by atoms with van der Waals surface area (Å²) < 4.78 is 10.9. The Kier molecular flexibility index (Phi) is 6.28. The third-order valence-electron chi connectivity index (χ3n) is 2.81. The minimum absolute atomic E-state index is 0.212. The van der Waals surface area contributed by atoms with Gasteiger partial charge < -0.3 is 20.0 Å². The van der Waals surface area contributed by atoms with Crippen molar-refractivity contribution in [3.63, 3.8) is 0 Å². The SMILES string of the molecule is CO/N=C(/Oc1cc(COc2ccc(Cl)cc2)ccc1Cl)C(N)=O. The molecule has 1 amide bonds. The molecule has 2 aromatic carbocycles. The van der Waals surface area contributed by atoms with Crippen LogP contribution in [-0.4, -0.2) is 18.9 Å². The summed E-state index contributed by atoms with van der Waals surface area (Å²) in [6, 6.07) is 12.0. The molecule has 2 aromatic rings. The molecule has 0 saturated heterocycles. The Labute approximate surface area is 148 Å². The summed E-state index contributed by atoms with van der Waals surface area (Å²) in [5.74, 6) is -0.412. The predicted molar refractivity (Wildman–Crippen MR) is 91.5 cm³/mol. The summed E-state index contributed by atoms with van der Waals surface area (Å²) in [4.78, 5) is 15.7. The molecule has 0 radical (unpaired) electrons. The fraction of sp³-hybridized carbons (Fsp3) is 0.125. The second-order valence-electron chi connectivity index (χ2n) is 4.55. The molecule has 0 aliphatic heterocycles. The number of hydrogen-bond acceptors (Lipinski definition) is 5. The lowest BCUT2D eigenvalue weighted by molar-refractivity contribution is -0.113. The van der Waals surface area contributed by atoms with Crippen LogP contribution in [0.1, 0.15) is 5.56 Å². The van der Waals surface area contributed by atoms with Gasteiger partial charge in [0.05, 0.1) is 5.02 Å². The first-order valence-electron chi connectivity index (χ1n) is 6.75. The maximum Gasteiger partial charge on any atom is 0.321 e. The van der Waals surface area contributed by atoms with Crippen LogP contribution in [-0.2, 0) is 16.2 Å². The molecule has 0 aliphatic carbocycles. The average Bonchev–Trinajstić information content (AvgIpc) is 2.56. The Balaban J connectivity index is 2.11. The molecule has 8 heteroatoms. The summed E-state index contributed by atoms with van der Waals surface area (Å²) in [5, 5.41) is 4.32. The van der Waals surface area contributed by atoms with Crippen LogP contribution in [0.25, 0.3) is 0 Å². The lowest BCUT2D eigenvalue weighted by Crippen LogP contribution is -2.28. The summed E-state index contributed by atoms with van der Waals surface area (Å²) in [6.07, 6.45) is 0. The van der Waals surface area contributed by atoms with Gasteiger partial charge in [-0.25, -0.2) is 0 Å². The van der Waals surface area contributed by atoms with Gasteiger partial charge in [-0.3, -0.25) is 4.79 Å². The van der Waals surface area contributed by atoms with Crippen LogP contribution in [0.3, 0.4) is 0 Å². The third kappa shape index (κ3) is 5.04. The zero-order valence-corrected chi connectivity index (χ0v) is 14.2. The highest BCUT2D eigenvalue weighted by molar-refractivity contribution is 6.36. The van der Waals surface area contributed by atoms with Crippen molar-refractivity contribution >= 4 is 35.0 Å². The van der Waals surface area contributed by atoms with Gasteiger partial charge in [0.1, 0.15) is 25.2 Å². The molecule has 0 heterocycles. The lowest BCUT2D eigenvalue weighted by atomic mass is 10.2. The summed E-state index contributed by atoms with van der Waals surface area (Å²) in [6.45, 7) is 0.266. The van der Waals surface area contributed by atoms with Crippen molar-refractivity contribution in [2.24, 2.45) is 10.9 Å². The van der Waals surface area contributed by atoms with Crippen LogP contribution in [0.15, 0.2) is 47.6 Å². The number of carbonyl (C=O) groups excluding carboxylic acids is 1. The van der Waals surface area contributed by atoms with Crippen molar-refractivity contribution in [1.82, 2.24) is 0 Å². The van der Waals surface area contributed by atoms with E-state index in [-0.39, 0.29) is 17.4 Å². The molecule has 0 aliphatic rings. The van der Waals surface area contributed by atoms with Crippen LogP contribution >= 0.6 is 23.2 Å². The van der Waals surface area contributed by atoms with Crippen LogP contribution in [0, 0.1) is 0 Å². The van der Waals surface area contributed by atoms with Gasteiger partial charge in [-0.15, -0.1) is 0 Å². The first kappa shape index (κ1) is 17.9. The quantitative estimate of drug-likeness (QED) is 0.498. The fourth-order valence-electron chi connectivity index (χ4n) is 1.71. The van der Waals surface area contributed by atoms with Crippen molar-refractivity contribution in [3.8, 4) is 11.5 Å². The van der Waals surface area contributed by atoms with Crippen LogP contribution in [0.2, 0.25) is 10.0 Å². The molecular weight excluding hydrogens is 355 g/mol. The fourth-order valence-corrected chi connectivity index (χ4v) is 2.00. The third-order valence-corrected chi connectivity index (χ3v) is 3.37. The number of carbonyl (C=O) groups is 1. The van der Waals surface area contributed by atoms with Crippen molar-refractivity contribution < 1.29 is 19.1 Å². The van der Waals surface area contributed by atoms with Crippen LogP contribution in [0.5, 0.6) is 11.5 Å². The van der Waals surface area contributed by atoms with E-state index in [1.165, 1.54) is 7.11 Å². The van der Waals surface area contributed by atoms with Gasteiger partial charge in [-0.05, 0) is 47.1 Å². The van der Waals surface area contributed by atoms with E-state index in [0.29, 0.717) is 10.8 Å². The average molecular weight is 369 g/mol. The number of hydrogen-bond donors (Lipinski definition) is 1. The van der Waals surface area contributed by atoms with Gasteiger partial charge in [0, 0.05) is 5.02 Å². The van der Waals surface area contributed by atoms with E-state index in [2.05, 4.69) is 9.99 Å². The van der Waals surface area contributed by atoms with Gasteiger partial charge in [-0.1, -0.05) is 29.3 Å². The van der Waals surface area contributed by atoms with Gasteiger partial charge in [-0.2, -0.15) is 0 Å². The van der Waals surface area contributed by atoms with Crippen molar-refractivity contribution in [2.45, 2.75) is 6.61 Å². The molecule has 0 aromatic heterocycles. The molecule has 0 fully saturated rings. The number of benzene rings is 2. The lowest BCUT2D eigenvalue weighted by Gasteiger charge is -2.10. The minimum Gasteiger partial charge on any atom is -0.489 e. The topological polar surface area (TPSA) is 83.1 Å². The molecular formula is C16H14Cl2N2O4. The number of nitrogens with two attached hydrogens (primary N) is 1. The molecule has 0 spiro atoms.